The Kier molecular flexibility index (Phi) is 2.98. The third-order valence-corrected chi connectivity index (χ3v) is 2.79. The molecule has 1 aliphatic carbocycles. The number of rotatable bonds is 3. The Morgan fingerprint density at radius 1 is 1.53 bits per heavy atom. The van der Waals surface area contributed by atoms with Crippen molar-refractivity contribution in [3.8, 4) is 0 Å². The minimum Gasteiger partial charge on any atom is -0.399 e. The molecule has 0 saturated heterocycles. The Balaban J connectivity index is 1.94. The molecule has 0 amide bonds. The summed E-state index contributed by atoms with van der Waals surface area (Å²) in [5.74, 6) is 0.736. The summed E-state index contributed by atoms with van der Waals surface area (Å²) in [6.07, 6.45) is 2.38. The van der Waals surface area contributed by atoms with Crippen molar-refractivity contribution < 1.29 is 4.74 Å². The van der Waals surface area contributed by atoms with E-state index >= 15 is 0 Å². The Labute approximate surface area is 93.8 Å². The average molecular weight is 228 g/mol. The van der Waals surface area contributed by atoms with E-state index < -0.39 is 0 Å². The van der Waals surface area contributed by atoms with Crippen LogP contribution in [0.5, 0.6) is 0 Å². The second-order valence-corrected chi connectivity index (χ2v) is 4.17. The van der Waals surface area contributed by atoms with Crippen molar-refractivity contribution in [2.75, 3.05) is 18.2 Å². The highest BCUT2D eigenvalue weighted by Gasteiger charge is 2.28. The molecule has 0 aromatic carbocycles. The van der Waals surface area contributed by atoms with Gasteiger partial charge in [-0.2, -0.15) is 0 Å². The normalized spacial score (nSPS) is 24.7. The van der Waals surface area contributed by atoms with Crippen LogP contribution in [0.4, 0.5) is 11.5 Å². The standard InChI is InChI=1S/C10H14ClN3O/c1-15-8-4-7(5-8)13-10-3-6(12)2-9(11)14-10/h2-3,7-8H,4-5H2,1H3,(H3,12,13,14). The maximum Gasteiger partial charge on any atom is 0.133 e. The lowest BCUT2D eigenvalue weighted by molar-refractivity contribution is 0.0328. The first kappa shape index (κ1) is 10.5. The van der Waals surface area contributed by atoms with Crippen molar-refractivity contribution in [1.82, 2.24) is 4.98 Å². The van der Waals surface area contributed by atoms with Crippen LogP contribution < -0.4 is 11.1 Å². The Morgan fingerprint density at radius 3 is 2.87 bits per heavy atom. The fraction of sp³-hybridized carbons (Fsp3) is 0.500. The van der Waals surface area contributed by atoms with Crippen LogP contribution in [0.15, 0.2) is 12.1 Å². The second kappa shape index (κ2) is 4.24. The van der Waals surface area contributed by atoms with Crippen molar-refractivity contribution >= 4 is 23.1 Å². The molecule has 82 valence electrons. The van der Waals surface area contributed by atoms with Crippen LogP contribution >= 0.6 is 11.6 Å². The second-order valence-electron chi connectivity index (χ2n) is 3.78. The van der Waals surface area contributed by atoms with Crippen molar-refractivity contribution in [2.45, 2.75) is 25.0 Å². The summed E-state index contributed by atoms with van der Waals surface area (Å²) in [5, 5.41) is 3.69. The first-order chi connectivity index (χ1) is 7.17. The molecular weight excluding hydrogens is 214 g/mol. The quantitative estimate of drug-likeness (QED) is 0.775. The number of methoxy groups -OCH3 is 1. The summed E-state index contributed by atoms with van der Waals surface area (Å²) < 4.78 is 5.19. The lowest BCUT2D eigenvalue weighted by Gasteiger charge is -2.34. The minimum absolute atomic E-state index is 0.374. The Bertz CT molecular complexity index is 332. The zero-order valence-corrected chi connectivity index (χ0v) is 9.29. The number of nitrogen functional groups attached to an aromatic ring is 1. The smallest absolute Gasteiger partial charge is 0.133 e. The monoisotopic (exact) mass is 227 g/mol. The SMILES string of the molecule is COC1CC(Nc2cc(N)cc(Cl)n2)C1. The van der Waals surface area contributed by atoms with Crippen molar-refractivity contribution in [3.63, 3.8) is 0 Å². The number of anilines is 2. The maximum atomic E-state index is 5.79. The van der Waals surface area contributed by atoms with Gasteiger partial charge in [0.2, 0.25) is 0 Å². The molecule has 15 heavy (non-hydrogen) atoms. The van der Waals surface area contributed by atoms with Crippen LogP contribution in [-0.4, -0.2) is 24.2 Å². The average Bonchev–Trinajstić information content (AvgIpc) is 2.08. The van der Waals surface area contributed by atoms with E-state index in [1.165, 1.54) is 0 Å². The zero-order chi connectivity index (χ0) is 10.8. The molecule has 0 radical (unpaired) electrons. The minimum atomic E-state index is 0.374. The van der Waals surface area contributed by atoms with Gasteiger partial charge in [-0.15, -0.1) is 0 Å². The molecule has 4 nitrogen and oxygen atoms in total. The van der Waals surface area contributed by atoms with Crippen molar-refractivity contribution in [3.05, 3.63) is 17.3 Å². The first-order valence-corrected chi connectivity index (χ1v) is 5.27. The number of pyridine rings is 1. The molecule has 0 unspecified atom stereocenters. The van der Waals surface area contributed by atoms with Crippen LogP contribution in [0.2, 0.25) is 5.15 Å². The van der Waals surface area contributed by atoms with Crippen LogP contribution in [0, 0.1) is 0 Å². The van der Waals surface area contributed by atoms with Gasteiger partial charge in [-0.1, -0.05) is 11.6 Å². The molecule has 1 fully saturated rings. The molecule has 0 bridgehead atoms. The fourth-order valence-corrected chi connectivity index (χ4v) is 1.89. The van der Waals surface area contributed by atoms with Gasteiger partial charge in [0.25, 0.3) is 0 Å². The van der Waals surface area contributed by atoms with E-state index in [9.17, 15) is 0 Å². The van der Waals surface area contributed by atoms with Crippen LogP contribution in [-0.2, 0) is 4.74 Å². The summed E-state index contributed by atoms with van der Waals surface area (Å²) in [6.45, 7) is 0. The van der Waals surface area contributed by atoms with Crippen molar-refractivity contribution in [1.29, 1.82) is 0 Å². The molecule has 1 aromatic rings. The number of halogens is 1. The van der Waals surface area contributed by atoms with Gasteiger partial charge in [0.1, 0.15) is 11.0 Å². The first-order valence-electron chi connectivity index (χ1n) is 4.90. The number of nitrogens with zero attached hydrogens (tertiary/aromatic N) is 1. The summed E-state index contributed by atoms with van der Waals surface area (Å²) in [7, 11) is 1.73. The third kappa shape index (κ3) is 2.52. The van der Waals surface area contributed by atoms with E-state index in [0.29, 0.717) is 23.0 Å². The molecule has 0 spiro atoms. The lowest BCUT2D eigenvalue weighted by atomic mass is 9.89. The van der Waals surface area contributed by atoms with Gasteiger partial charge < -0.3 is 15.8 Å². The Morgan fingerprint density at radius 2 is 2.27 bits per heavy atom. The summed E-state index contributed by atoms with van der Waals surface area (Å²) in [6, 6.07) is 3.83. The van der Waals surface area contributed by atoms with Gasteiger partial charge in [0, 0.05) is 24.9 Å². The highest BCUT2D eigenvalue weighted by molar-refractivity contribution is 6.29. The molecular formula is C10H14ClN3O. The molecule has 1 aliphatic rings. The maximum absolute atomic E-state index is 5.79. The van der Waals surface area contributed by atoms with Gasteiger partial charge in [-0.05, 0) is 18.9 Å². The van der Waals surface area contributed by atoms with Crippen LogP contribution in [0.25, 0.3) is 0 Å². The zero-order valence-electron chi connectivity index (χ0n) is 8.53. The van der Waals surface area contributed by atoms with Gasteiger partial charge in [0.15, 0.2) is 0 Å². The van der Waals surface area contributed by atoms with E-state index in [1.807, 2.05) is 0 Å². The van der Waals surface area contributed by atoms with Gasteiger partial charge in [-0.3, -0.25) is 0 Å². The predicted molar refractivity (Wildman–Crippen MR) is 61.1 cm³/mol. The summed E-state index contributed by atoms with van der Waals surface area (Å²) >= 11 is 5.79. The topological polar surface area (TPSA) is 60.2 Å². The molecule has 3 N–H and O–H groups in total. The predicted octanol–water partition coefficient (Wildman–Crippen LogP) is 1.91. The summed E-state index contributed by atoms with van der Waals surface area (Å²) in [5.41, 5.74) is 6.28. The summed E-state index contributed by atoms with van der Waals surface area (Å²) in [4.78, 5) is 4.14. The molecule has 1 saturated carbocycles. The highest BCUT2D eigenvalue weighted by atomic mass is 35.5. The number of hydrogen-bond donors (Lipinski definition) is 2. The third-order valence-electron chi connectivity index (χ3n) is 2.60. The molecule has 5 heteroatoms. The number of nitrogens with one attached hydrogen (secondary N) is 1. The number of hydrogen-bond acceptors (Lipinski definition) is 4. The van der Waals surface area contributed by atoms with E-state index in [2.05, 4.69) is 10.3 Å². The molecule has 2 rings (SSSR count). The Hall–Kier alpha value is -1.00. The lowest BCUT2D eigenvalue weighted by Crippen LogP contribution is -2.40. The highest BCUT2D eigenvalue weighted by Crippen LogP contribution is 2.26. The molecule has 1 heterocycles. The van der Waals surface area contributed by atoms with E-state index in [4.69, 9.17) is 22.1 Å². The molecule has 0 aliphatic heterocycles. The van der Waals surface area contributed by atoms with Gasteiger partial charge >= 0.3 is 0 Å². The van der Waals surface area contributed by atoms with E-state index in [-0.39, 0.29) is 0 Å². The number of nitrogens with two attached hydrogens (primary N) is 1. The van der Waals surface area contributed by atoms with Gasteiger partial charge in [0.05, 0.1) is 6.10 Å². The largest absolute Gasteiger partial charge is 0.399 e. The number of aromatic nitrogens is 1. The number of ether oxygens (including phenoxy) is 1. The van der Waals surface area contributed by atoms with Crippen LogP contribution in [0.1, 0.15) is 12.8 Å². The van der Waals surface area contributed by atoms with Gasteiger partial charge in [-0.25, -0.2) is 4.98 Å². The van der Waals surface area contributed by atoms with E-state index in [0.717, 1.165) is 18.7 Å². The molecule has 0 atom stereocenters. The fourth-order valence-electron chi connectivity index (χ4n) is 1.68. The van der Waals surface area contributed by atoms with Crippen LogP contribution in [0.3, 0.4) is 0 Å². The van der Waals surface area contributed by atoms with Crippen molar-refractivity contribution in [2.24, 2.45) is 0 Å². The molecule has 1 aromatic heterocycles. The van der Waals surface area contributed by atoms with E-state index in [1.54, 1.807) is 19.2 Å².